The predicted molar refractivity (Wildman–Crippen MR) is 112 cm³/mol. The Labute approximate surface area is 176 Å². The lowest BCUT2D eigenvalue weighted by molar-refractivity contribution is 0.159. The molecule has 2 aromatic rings. The van der Waals surface area contributed by atoms with Crippen LogP contribution in [0.4, 0.5) is 8.78 Å². The average molecular weight is 415 g/mol. The van der Waals surface area contributed by atoms with Crippen molar-refractivity contribution in [1.82, 2.24) is 15.2 Å². The highest BCUT2D eigenvalue weighted by Gasteiger charge is 2.38. The van der Waals surface area contributed by atoms with Crippen molar-refractivity contribution in [2.24, 2.45) is 10.6 Å². The molecule has 5 nitrogen and oxygen atoms in total. The van der Waals surface area contributed by atoms with Crippen LogP contribution in [0.2, 0.25) is 0 Å². The van der Waals surface area contributed by atoms with E-state index in [4.69, 9.17) is 4.84 Å². The van der Waals surface area contributed by atoms with Gasteiger partial charge in [0.2, 0.25) is 0 Å². The van der Waals surface area contributed by atoms with Crippen molar-refractivity contribution >= 4 is 5.71 Å². The van der Waals surface area contributed by atoms with Gasteiger partial charge in [-0.05, 0) is 81.1 Å². The Hall–Kier alpha value is -2.38. The molecule has 0 saturated carbocycles. The summed E-state index contributed by atoms with van der Waals surface area (Å²) in [5.41, 5.74) is 2.98. The van der Waals surface area contributed by atoms with Crippen LogP contribution in [-0.4, -0.2) is 48.4 Å². The van der Waals surface area contributed by atoms with Crippen molar-refractivity contribution in [2.45, 2.75) is 32.7 Å². The van der Waals surface area contributed by atoms with Gasteiger partial charge in [0.1, 0.15) is 12.3 Å². The van der Waals surface area contributed by atoms with Gasteiger partial charge in [0.05, 0.1) is 5.69 Å². The van der Waals surface area contributed by atoms with E-state index in [9.17, 15) is 8.78 Å². The minimum Gasteiger partial charge on any atom is -0.396 e. The zero-order chi connectivity index (χ0) is 21.0. The Morgan fingerprint density at radius 2 is 2.00 bits per heavy atom. The van der Waals surface area contributed by atoms with Gasteiger partial charge >= 0.3 is 0 Å². The van der Waals surface area contributed by atoms with Crippen molar-refractivity contribution in [3.8, 4) is 0 Å². The minimum absolute atomic E-state index is 0.373. The number of aromatic nitrogens is 1. The fraction of sp³-hybridized carbons (Fsp3) is 0.478. The summed E-state index contributed by atoms with van der Waals surface area (Å²) < 4.78 is 27.0. The van der Waals surface area contributed by atoms with Gasteiger partial charge < -0.3 is 10.2 Å². The van der Waals surface area contributed by atoms with Crippen LogP contribution in [0.25, 0.3) is 0 Å². The van der Waals surface area contributed by atoms with Crippen molar-refractivity contribution in [3.05, 3.63) is 65.0 Å². The molecule has 3 heterocycles. The largest absolute Gasteiger partial charge is 0.396 e. The molecule has 0 unspecified atom stereocenters. The normalized spacial score (nSPS) is 19.4. The van der Waals surface area contributed by atoms with Crippen LogP contribution in [0.3, 0.4) is 0 Å². The van der Waals surface area contributed by atoms with Gasteiger partial charge in [-0.2, -0.15) is 0 Å². The van der Waals surface area contributed by atoms with Gasteiger partial charge in [0, 0.05) is 24.8 Å². The van der Waals surface area contributed by atoms with Gasteiger partial charge in [0.25, 0.3) is 0 Å². The highest BCUT2D eigenvalue weighted by Crippen LogP contribution is 2.38. The molecule has 2 saturated heterocycles. The van der Waals surface area contributed by atoms with E-state index in [2.05, 4.69) is 20.4 Å². The SMILES string of the molecule is CCO/N=C(\c1ccc(F)c(F)c1)c1ccc(CN2CCC3(CCNCC3)C2)cn1. The summed E-state index contributed by atoms with van der Waals surface area (Å²) in [4.78, 5) is 12.2. The monoisotopic (exact) mass is 414 g/mol. The summed E-state index contributed by atoms with van der Waals surface area (Å²) in [5.74, 6) is -1.82. The average Bonchev–Trinajstić information content (AvgIpc) is 3.14. The van der Waals surface area contributed by atoms with E-state index in [1.165, 1.54) is 25.3 Å². The van der Waals surface area contributed by atoms with E-state index in [0.717, 1.165) is 50.4 Å². The fourth-order valence-electron chi connectivity index (χ4n) is 4.46. The summed E-state index contributed by atoms with van der Waals surface area (Å²) in [6, 6.07) is 7.58. The maximum atomic E-state index is 13.7. The smallest absolute Gasteiger partial charge is 0.159 e. The van der Waals surface area contributed by atoms with Crippen LogP contribution in [0, 0.1) is 17.0 Å². The molecule has 2 aliphatic rings. The third kappa shape index (κ3) is 4.68. The van der Waals surface area contributed by atoms with Crippen LogP contribution < -0.4 is 5.32 Å². The van der Waals surface area contributed by atoms with Crippen LogP contribution in [-0.2, 0) is 11.4 Å². The first kappa shape index (κ1) is 20.9. The number of piperidine rings is 1. The van der Waals surface area contributed by atoms with Crippen LogP contribution in [0.15, 0.2) is 41.7 Å². The zero-order valence-electron chi connectivity index (χ0n) is 17.3. The molecule has 2 aliphatic heterocycles. The number of benzene rings is 1. The first-order chi connectivity index (χ1) is 14.6. The molecule has 160 valence electrons. The number of nitrogens with zero attached hydrogens (tertiary/aromatic N) is 3. The molecule has 7 heteroatoms. The number of hydrogen-bond acceptors (Lipinski definition) is 5. The number of pyridine rings is 1. The van der Waals surface area contributed by atoms with Gasteiger partial charge in [0.15, 0.2) is 11.6 Å². The van der Waals surface area contributed by atoms with Gasteiger partial charge in [-0.3, -0.25) is 9.88 Å². The molecule has 1 aromatic heterocycles. The second kappa shape index (κ2) is 9.18. The van der Waals surface area contributed by atoms with E-state index in [-0.39, 0.29) is 0 Å². The topological polar surface area (TPSA) is 49.8 Å². The highest BCUT2D eigenvalue weighted by molar-refractivity contribution is 6.11. The van der Waals surface area contributed by atoms with Gasteiger partial charge in [-0.15, -0.1) is 0 Å². The Morgan fingerprint density at radius 1 is 1.17 bits per heavy atom. The summed E-state index contributed by atoms with van der Waals surface area (Å²) in [5, 5.41) is 7.55. The molecule has 2 fully saturated rings. The van der Waals surface area contributed by atoms with E-state index >= 15 is 0 Å². The molecule has 0 amide bonds. The fourth-order valence-corrected chi connectivity index (χ4v) is 4.46. The number of halogens is 2. The van der Waals surface area contributed by atoms with Crippen LogP contribution in [0.5, 0.6) is 0 Å². The van der Waals surface area contributed by atoms with Gasteiger partial charge in [-0.1, -0.05) is 11.2 Å². The van der Waals surface area contributed by atoms with Crippen molar-refractivity contribution in [2.75, 3.05) is 32.8 Å². The molecular weight excluding hydrogens is 386 g/mol. The molecule has 0 atom stereocenters. The molecule has 1 N–H and O–H groups in total. The van der Waals surface area contributed by atoms with Crippen molar-refractivity contribution in [3.63, 3.8) is 0 Å². The van der Waals surface area contributed by atoms with E-state index < -0.39 is 11.6 Å². The first-order valence-corrected chi connectivity index (χ1v) is 10.6. The number of hydrogen-bond donors (Lipinski definition) is 1. The van der Waals surface area contributed by atoms with E-state index in [1.807, 2.05) is 25.3 Å². The van der Waals surface area contributed by atoms with E-state index in [1.54, 1.807) is 0 Å². The third-order valence-corrected chi connectivity index (χ3v) is 6.13. The minimum atomic E-state index is -0.922. The lowest BCUT2D eigenvalue weighted by atomic mass is 9.78. The maximum absolute atomic E-state index is 13.7. The predicted octanol–water partition coefficient (Wildman–Crippen LogP) is 3.72. The summed E-state index contributed by atoms with van der Waals surface area (Å²) in [7, 11) is 0. The second-order valence-electron chi connectivity index (χ2n) is 8.25. The lowest BCUT2D eigenvalue weighted by Crippen LogP contribution is -2.38. The molecular formula is C23H28F2N4O. The lowest BCUT2D eigenvalue weighted by Gasteiger charge is -2.33. The maximum Gasteiger partial charge on any atom is 0.159 e. The van der Waals surface area contributed by atoms with Crippen LogP contribution in [0.1, 0.15) is 43.0 Å². The molecule has 0 radical (unpaired) electrons. The Balaban J connectivity index is 1.47. The summed E-state index contributed by atoms with van der Waals surface area (Å²) >= 11 is 0. The second-order valence-corrected chi connectivity index (χ2v) is 8.25. The molecule has 0 aliphatic carbocycles. The summed E-state index contributed by atoms with van der Waals surface area (Å²) in [6.45, 7) is 7.55. The molecule has 1 aromatic carbocycles. The third-order valence-electron chi connectivity index (χ3n) is 6.13. The highest BCUT2D eigenvalue weighted by atomic mass is 19.2. The molecule has 30 heavy (non-hydrogen) atoms. The molecule has 0 bridgehead atoms. The number of likely N-dealkylation sites (tertiary alicyclic amines) is 1. The standard InChI is InChI=1S/C23H28F2N4O/c1-2-30-28-22(18-4-5-19(24)20(25)13-18)21-6-3-17(14-27-21)15-29-12-9-23(16-29)7-10-26-11-8-23/h3-6,13-14,26H,2,7-12,15-16H2,1H3/b28-22+. The Bertz CT molecular complexity index is 895. The van der Waals surface area contributed by atoms with Crippen molar-refractivity contribution < 1.29 is 13.6 Å². The number of oxime groups is 1. The number of nitrogens with one attached hydrogen (secondary N) is 1. The van der Waals surface area contributed by atoms with E-state index in [0.29, 0.717) is 29.0 Å². The summed E-state index contributed by atoms with van der Waals surface area (Å²) in [6.07, 6.45) is 5.62. The Morgan fingerprint density at radius 3 is 2.70 bits per heavy atom. The molecule has 1 spiro atoms. The Kier molecular flexibility index (Phi) is 6.39. The molecule has 4 rings (SSSR count). The van der Waals surface area contributed by atoms with Crippen molar-refractivity contribution in [1.29, 1.82) is 0 Å². The zero-order valence-corrected chi connectivity index (χ0v) is 17.3. The van der Waals surface area contributed by atoms with Gasteiger partial charge in [-0.25, -0.2) is 8.78 Å². The first-order valence-electron chi connectivity index (χ1n) is 10.6. The van der Waals surface area contributed by atoms with Crippen LogP contribution >= 0.6 is 0 Å². The quantitative estimate of drug-likeness (QED) is 0.578. The number of rotatable bonds is 6.